The van der Waals surface area contributed by atoms with Crippen LogP contribution in [0.3, 0.4) is 0 Å². The molecule has 4 nitrogen and oxygen atoms in total. The van der Waals surface area contributed by atoms with E-state index in [0.717, 1.165) is 31.7 Å². The Labute approximate surface area is 141 Å². The minimum Gasteiger partial charge on any atom is -0.487 e. The number of halogens is 1. The molecule has 0 atom stereocenters. The van der Waals surface area contributed by atoms with Crippen LogP contribution in [0.15, 0.2) is 48.5 Å². The maximum absolute atomic E-state index is 12.4. The quantitative estimate of drug-likeness (QED) is 0.937. The van der Waals surface area contributed by atoms with Crippen molar-refractivity contribution in [1.82, 2.24) is 10.2 Å². The van der Waals surface area contributed by atoms with Gasteiger partial charge in [-0.2, -0.15) is 0 Å². The molecule has 0 bridgehead atoms. The number of amides is 1. The summed E-state index contributed by atoms with van der Waals surface area (Å²) in [5.41, 5.74) is 1.67. The molecule has 2 aromatic carbocycles. The Morgan fingerprint density at radius 2 is 1.87 bits per heavy atom. The highest BCUT2D eigenvalue weighted by molar-refractivity contribution is 6.32. The first-order valence-electron chi connectivity index (χ1n) is 7.70. The van der Waals surface area contributed by atoms with Gasteiger partial charge in [-0.25, -0.2) is 0 Å². The van der Waals surface area contributed by atoms with Crippen LogP contribution < -0.4 is 10.1 Å². The second-order valence-corrected chi connectivity index (χ2v) is 5.87. The monoisotopic (exact) mass is 330 g/mol. The van der Waals surface area contributed by atoms with Crippen molar-refractivity contribution in [2.75, 3.05) is 26.2 Å². The Morgan fingerprint density at radius 1 is 1.13 bits per heavy atom. The number of benzene rings is 2. The molecule has 0 unspecified atom stereocenters. The summed E-state index contributed by atoms with van der Waals surface area (Å²) in [7, 11) is 0. The van der Waals surface area contributed by atoms with Crippen molar-refractivity contribution in [3.8, 4) is 5.75 Å². The molecular formula is C18H19ClN2O2. The van der Waals surface area contributed by atoms with Crippen LogP contribution in [-0.4, -0.2) is 37.0 Å². The van der Waals surface area contributed by atoms with E-state index in [2.05, 4.69) is 5.32 Å². The zero-order chi connectivity index (χ0) is 16.1. The van der Waals surface area contributed by atoms with Crippen LogP contribution in [0.5, 0.6) is 5.75 Å². The predicted molar refractivity (Wildman–Crippen MR) is 91.0 cm³/mol. The number of ether oxygens (including phenoxy) is 1. The van der Waals surface area contributed by atoms with Gasteiger partial charge in [0.25, 0.3) is 5.91 Å². The lowest BCUT2D eigenvalue weighted by atomic mass is 10.1. The van der Waals surface area contributed by atoms with Gasteiger partial charge >= 0.3 is 0 Å². The second kappa shape index (κ2) is 7.49. The van der Waals surface area contributed by atoms with E-state index in [1.165, 1.54) is 0 Å². The number of hydrogen-bond acceptors (Lipinski definition) is 3. The first-order chi connectivity index (χ1) is 11.2. The van der Waals surface area contributed by atoms with Crippen molar-refractivity contribution in [3.63, 3.8) is 0 Å². The van der Waals surface area contributed by atoms with Gasteiger partial charge in [0.15, 0.2) is 0 Å². The summed E-state index contributed by atoms with van der Waals surface area (Å²) in [6.07, 6.45) is 0. The highest BCUT2D eigenvalue weighted by Crippen LogP contribution is 2.27. The Hall–Kier alpha value is -2.04. The van der Waals surface area contributed by atoms with Gasteiger partial charge in [-0.1, -0.05) is 41.9 Å². The topological polar surface area (TPSA) is 41.6 Å². The Kier molecular flexibility index (Phi) is 5.16. The van der Waals surface area contributed by atoms with Crippen LogP contribution in [0.4, 0.5) is 0 Å². The highest BCUT2D eigenvalue weighted by atomic mass is 35.5. The third-order valence-corrected chi connectivity index (χ3v) is 4.12. The smallest absolute Gasteiger partial charge is 0.253 e. The van der Waals surface area contributed by atoms with E-state index >= 15 is 0 Å². The average Bonchev–Trinajstić information content (AvgIpc) is 2.61. The fourth-order valence-corrected chi connectivity index (χ4v) is 2.77. The summed E-state index contributed by atoms with van der Waals surface area (Å²) in [5.74, 6) is 0.607. The number of nitrogens with zero attached hydrogens (tertiary/aromatic N) is 1. The molecule has 2 aromatic rings. The van der Waals surface area contributed by atoms with E-state index in [9.17, 15) is 4.79 Å². The zero-order valence-electron chi connectivity index (χ0n) is 12.8. The predicted octanol–water partition coefficient (Wildman–Crippen LogP) is 2.96. The van der Waals surface area contributed by atoms with Crippen LogP contribution in [-0.2, 0) is 6.61 Å². The average molecular weight is 331 g/mol. The molecule has 1 saturated heterocycles. The molecule has 1 N–H and O–H groups in total. The Bertz CT molecular complexity index is 670. The first kappa shape index (κ1) is 15.8. The minimum atomic E-state index is 0.0167. The van der Waals surface area contributed by atoms with Crippen LogP contribution in [0, 0.1) is 0 Å². The molecule has 120 valence electrons. The van der Waals surface area contributed by atoms with Gasteiger partial charge in [0.05, 0.1) is 5.02 Å². The number of carbonyl (C=O) groups excluding carboxylic acids is 1. The lowest BCUT2D eigenvalue weighted by Gasteiger charge is -2.27. The van der Waals surface area contributed by atoms with Crippen molar-refractivity contribution < 1.29 is 9.53 Å². The molecule has 1 aliphatic rings. The van der Waals surface area contributed by atoms with Gasteiger partial charge in [-0.05, 0) is 23.8 Å². The fourth-order valence-electron chi connectivity index (χ4n) is 2.54. The van der Waals surface area contributed by atoms with Crippen molar-refractivity contribution in [1.29, 1.82) is 0 Å². The highest BCUT2D eigenvalue weighted by Gasteiger charge is 2.18. The van der Waals surface area contributed by atoms with Crippen LogP contribution in [0.25, 0.3) is 0 Å². The molecule has 5 heteroatoms. The normalized spacial score (nSPS) is 14.6. The van der Waals surface area contributed by atoms with Crippen molar-refractivity contribution >= 4 is 17.5 Å². The minimum absolute atomic E-state index is 0.0167. The second-order valence-electron chi connectivity index (χ2n) is 5.46. The summed E-state index contributed by atoms with van der Waals surface area (Å²) in [6.45, 7) is 3.56. The molecule has 1 heterocycles. The summed E-state index contributed by atoms with van der Waals surface area (Å²) in [5, 5.41) is 3.69. The zero-order valence-corrected chi connectivity index (χ0v) is 13.6. The Balaban J connectivity index is 1.66. The van der Waals surface area contributed by atoms with Gasteiger partial charge in [-0.15, -0.1) is 0 Å². The van der Waals surface area contributed by atoms with Gasteiger partial charge in [-0.3, -0.25) is 4.79 Å². The van der Waals surface area contributed by atoms with E-state index in [0.29, 0.717) is 22.9 Å². The van der Waals surface area contributed by atoms with Crippen LogP contribution in [0.2, 0.25) is 5.02 Å². The van der Waals surface area contributed by atoms with Crippen LogP contribution >= 0.6 is 11.6 Å². The number of carbonyl (C=O) groups is 1. The molecule has 0 aromatic heterocycles. The Morgan fingerprint density at radius 3 is 2.57 bits per heavy atom. The van der Waals surface area contributed by atoms with Gasteiger partial charge < -0.3 is 15.0 Å². The fraction of sp³-hybridized carbons (Fsp3) is 0.278. The maximum atomic E-state index is 12.4. The van der Waals surface area contributed by atoms with E-state index in [4.69, 9.17) is 16.3 Å². The molecule has 0 saturated carbocycles. The standard InChI is InChI=1S/C18H19ClN2O2/c19-16-12-15(18(22)21-10-8-20-9-11-21)6-7-17(16)23-13-14-4-2-1-3-5-14/h1-7,12,20H,8-11,13H2. The van der Waals surface area contributed by atoms with E-state index in [1.54, 1.807) is 18.2 Å². The third kappa shape index (κ3) is 4.03. The van der Waals surface area contributed by atoms with Crippen LogP contribution in [0.1, 0.15) is 15.9 Å². The molecule has 0 spiro atoms. The summed E-state index contributed by atoms with van der Waals surface area (Å²) in [6, 6.07) is 15.1. The van der Waals surface area contributed by atoms with Crippen molar-refractivity contribution in [2.45, 2.75) is 6.61 Å². The van der Waals surface area contributed by atoms with E-state index in [1.807, 2.05) is 35.2 Å². The lowest BCUT2D eigenvalue weighted by Crippen LogP contribution is -2.46. The number of nitrogens with one attached hydrogen (secondary N) is 1. The largest absolute Gasteiger partial charge is 0.487 e. The lowest BCUT2D eigenvalue weighted by molar-refractivity contribution is 0.0736. The molecule has 1 fully saturated rings. The summed E-state index contributed by atoms with van der Waals surface area (Å²) in [4.78, 5) is 14.3. The first-order valence-corrected chi connectivity index (χ1v) is 8.08. The molecule has 1 amide bonds. The molecule has 1 aliphatic heterocycles. The number of piperazine rings is 1. The third-order valence-electron chi connectivity index (χ3n) is 3.82. The van der Waals surface area contributed by atoms with E-state index < -0.39 is 0 Å². The van der Waals surface area contributed by atoms with Gasteiger partial charge in [0.2, 0.25) is 0 Å². The molecule has 3 rings (SSSR count). The van der Waals surface area contributed by atoms with Gasteiger partial charge in [0.1, 0.15) is 12.4 Å². The molecular weight excluding hydrogens is 312 g/mol. The molecule has 0 aliphatic carbocycles. The SMILES string of the molecule is O=C(c1ccc(OCc2ccccc2)c(Cl)c1)N1CCNCC1. The van der Waals surface area contributed by atoms with Crippen molar-refractivity contribution in [2.24, 2.45) is 0 Å². The summed E-state index contributed by atoms with van der Waals surface area (Å²) < 4.78 is 5.74. The van der Waals surface area contributed by atoms with Crippen molar-refractivity contribution in [3.05, 3.63) is 64.7 Å². The maximum Gasteiger partial charge on any atom is 0.253 e. The summed E-state index contributed by atoms with van der Waals surface area (Å²) >= 11 is 6.27. The van der Waals surface area contributed by atoms with Gasteiger partial charge in [0, 0.05) is 31.7 Å². The molecule has 23 heavy (non-hydrogen) atoms. The number of hydrogen-bond donors (Lipinski definition) is 1. The van der Waals surface area contributed by atoms with E-state index in [-0.39, 0.29) is 5.91 Å². The number of rotatable bonds is 4. The molecule has 0 radical (unpaired) electrons.